The number of rotatable bonds is 10. The fourth-order valence-corrected chi connectivity index (χ4v) is 1.37. The first kappa shape index (κ1) is 22.1. The third-order valence-corrected chi connectivity index (χ3v) is 2.44. The van der Waals surface area contributed by atoms with Crippen LogP contribution in [-0.2, 0) is 23.9 Å². The molecule has 0 aromatic heterocycles. The Kier molecular flexibility index (Phi) is 16.9. The molecule has 0 atom stereocenters. The van der Waals surface area contributed by atoms with Crippen LogP contribution in [0.15, 0.2) is 12.2 Å². The van der Waals surface area contributed by atoms with Crippen LogP contribution in [0.4, 0.5) is 0 Å². The molecular formula is C14H24N2O6. The fourth-order valence-electron chi connectivity index (χ4n) is 1.37. The van der Waals surface area contributed by atoms with E-state index in [1.165, 1.54) is 11.0 Å². The zero-order valence-electron chi connectivity index (χ0n) is 13.0. The highest BCUT2D eigenvalue weighted by Gasteiger charge is 2.04. The van der Waals surface area contributed by atoms with Gasteiger partial charge in [-0.15, -0.1) is 0 Å². The van der Waals surface area contributed by atoms with Gasteiger partial charge in [-0.3, -0.25) is 19.2 Å². The van der Waals surface area contributed by atoms with Crippen molar-refractivity contribution in [3.63, 3.8) is 0 Å². The molecule has 0 rings (SSSR count). The van der Waals surface area contributed by atoms with Crippen LogP contribution in [0, 0.1) is 0 Å². The quantitative estimate of drug-likeness (QED) is 0.329. The second-order valence-electron chi connectivity index (χ2n) is 4.16. The molecule has 2 amide bonds. The van der Waals surface area contributed by atoms with Crippen LogP contribution in [-0.4, -0.2) is 68.4 Å². The largest absolute Gasteiger partial charge is 0.483 e. The van der Waals surface area contributed by atoms with E-state index in [2.05, 4.69) is 5.32 Å². The van der Waals surface area contributed by atoms with Gasteiger partial charge in [-0.05, 0) is 18.9 Å². The number of amides is 2. The van der Waals surface area contributed by atoms with E-state index >= 15 is 0 Å². The van der Waals surface area contributed by atoms with E-state index in [0.717, 1.165) is 6.08 Å². The van der Waals surface area contributed by atoms with Gasteiger partial charge in [0, 0.05) is 46.4 Å². The number of nitrogens with one attached hydrogen (secondary N) is 1. The minimum atomic E-state index is -0.250. The minimum absolute atomic E-state index is 0.00752. The molecule has 22 heavy (non-hydrogen) atoms. The lowest BCUT2D eigenvalue weighted by Crippen LogP contribution is -2.30. The highest BCUT2D eigenvalue weighted by molar-refractivity contribution is 5.90. The van der Waals surface area contributed by atoms with E-state index in [4.69, 9.17) is 14.6 Å². The maximum atomic E-state index is 11.4. The standard InChI is InChI=1S/C13H22N2O4.CH2O2/c1-15(13(18)7-3-10-16)9-5-8-14-12(17)6-4-11-19-2;2-1-3/h3,7,10H,4-6,8-9,11H2,1-2H3,(H,14,17);1H,(H,2,3)/b7-3-;. The van der Waals surface area contributed by atoms with Gasteiger partial charge in [-0.2, -0.15) is 0 Å². The van der Waals surface area contributed by atoms with Crippen molar-refractivity contribution >= 4 is 24.6 Å². The Balaban J connectivity index is 0. The number of methoxy groups -OCH3 is 1. The lowest BCUT2D eigenvalue weighted by molar-refractivity contribution is -0.125. The molecule has 8 heteroatoms. The van der Waals surface area contributed by atoms with Gasteiger partial charge >= 0.3 is 0 Å². The van der Waals surface area contributed by atoms with Gasteiger partial charge in [0.05, 0.1) is 0 Å². The van der Waals surface area contributed by atoms with Gasteiger partial charge in [0.15, 0.2) is 0 Å². The van der Waals surface area contributed by atoms with Crippen molar-refractivity contribution in [2.24, 2.45) is 0 Å². The smallest absolute Gasteiger partial charge is 0.290 e. The van der Waals surface area contributed by atoms with Crippen molar-refractivity contribution in [3.05, 3.63) is 12.2 Å². The first-order valence-electron chi connectivity index (χ1n) is 6.73. The lowest BCUT2D eigenvalue weighted by Gasteiger charge is -2.14. The van der Waals surface area contributed by atoms with E-state index in [9.17, 15) is 14.4 Å². The highest BCUT2D eigenvalue weighted by atomic mass is 16.5. The van der Waals surface area contributed by atoms with Crippen LogP contribution in [0.3, 0.4) is 0 Å². The molecular weight excluding hydrogens is 292 g/mol. The SMILES string of the molecule is COCCCC(=O)NCCCN(C)C(=O)/C=C\C=O.O=CO. The fraction of sp³-hybridized carbons (Fsp3) is 0.571. The average Bonchev–Trinajstić information content (AvgIpc) is 2.50. The molecule has 2 N–H and O–H groups in total. The van der Waals surface area contributed by atoms with Crippen molar-refractivity contribution in [1.29, 1.82) is 0 Å². The monoisotopic (exact) mass is 316 g/mol. The van der Waals surface area contributed by atoms with Gasteiger partial charge in [-0.1, -0.05) is 0 Å². The molecule has 0 unspecified atom stereocenters. The van der Waals surface area contributed by atoms with Crippen molar-refractivity contribution in [3.8, 4) is 0 Å². The summed E-state index contributed by atoms with van der Waals surface area (Å²) in [6.45, 7) is 1.38. The number of likely N-dealkylation sites (N-methyl/N-ethyl adjacent to an activating group) is 1. The number of aldehydes is 1. The van der Waals surface area contributed by atoms with Crippen LogP contribution in [0.2, 0.25) is 0 Å². The Morgan fingerprint density at radius 1 is 1.27 bits per heavy atom. The molecule has 0 fully saturated rings. The number of allylic oxidation sites excluding steroid dienone is 1. The summed E-state index contributed by atoms with van der Waals surface area (Å²) in [6, 6.07) is 0. The van der Waals surface area contributed by atoms with Crippen LogP contribution < -0.4 is 5.32 Å². The Morgan fingerprint density at radius 3 is 2.45 bits per heavy atom. The van der Waals surface area contributed by atoms with E-state index in [1.807, 2.05) is 0 Å². The predicted octanol–water partition coefficient (Wildman–Crippen LogP) is -0.166. The summed E-state index contributed by atoms with van der Waals surface area (Å²) in [5.74, 6) is -0.231. The molecule has 0 spiro atoms. The van der Waals surface area contributed by atoms with E-state index in [0.29, 0.717) is 45.2 Å². The molecule has 0 aliphatic heterocycles. The summed E-state index contributed by atoms with van der Waals surface area (Å²) in [4.78, 5) is 42.6. The third kappa shape index (κ3) is 15.8. The van der Waals surface area contributed by atoms with Gasteiger partial charge < -0.3 is 20.1 Å². The summed E-state index contributed by atoms with van der Waals surface area (Å²) in [5, 5.41) is 9.66. The second kappa shape index (κ2) is 16.8. The van der Waals surface area contributed by atoms with E-state index < -0.39 is 0 Å². The molecule has 126 valence electrons. The minimum Gasteiger partial charge on any atom is -0.483 e. The third-order valence-electron chi connectivity index (χ3n) is 2.44. The van der Waals surface area contributed by atoms with Crippen LogP contribution in [0.5, 0.6) is 0 Å². The molecule has 0 bridgehead atoms. The molecule has 8 nitrogen and oxygen atoms in total. The first-order chi connectivity index (χ1) is 10.5. The van der Waals surface area contributed by atoms with Crippen LogP contribution in [0.25, 0.3) is 0 Å². The van der Waals surface area contributed by atoms with Gasteiger partial charge in [0.2, 0.25) is 11.8 Å². The Hall–Kier alpha value is -2.22. The van der Waals surface area contributed by atoms with Gasteiger partial charge in [-0.25, -0.2) is 0 Å². The molecule has 0 saturated carbocycles. The molecule has 0 heterocycles. The maximum Gasteiger partial charge on any atom is 0.290 e. The van der Waals surface area contributed by atoms with Crippen molar-refractivity contribution < 1.29 is 29.0 Å². The topological polar surface area (TPSA) is 113 Å². The average molecular weight is 316 g/mol. The summed E-state index contributed by atoms with van der Waals surface area (Å²) < 4.78 is 4.85. The van der Waals surface area contributed by atoms with E-state index in [1.54, 1.807) is 14.2 Å². The molecule has 0 aliphatic carbocycles. The second-order valence-corrected chi connectivity index (χ2v) is 4.16. The lowest BCUT2D eigenvalue weighted by atomic mass is 10.3. The molecule has 0 aromatic rings. The van der Waals surface area contributed by atoms with Gasteiger partial charge in [0.1, 0.15) is 6.29 Å². The predicted molar refractivity (Wildman–Crippen MR) is 80.3 cm³/mol. The molecule has 0 radical (unpaired) electrons. The Morgan fingerprint density at radius 2 is 1.91 bits per heavy atom. The summed E-state index contributed by atoms with van der Waals surface area (Å²) >= 11 is 0. The zero-order valence-corrected chi connectivity index (χ0v) is 13.0. The summed E-state index contributed by atoms with van der Waals surface area (Å²) in [5.41, 5.74) is 0. The van der Waals surface area contributed by atoms with E-state index in [-0.39, 0.29) is 18.3 Å². The number of carbonyl (C=O) groups excluding carboxylic acids is 3. The molecule has 0 aromatic carbocycles. The number of ether oxygens (including phenoxy) is 1. The van der Waals surface area contributed by atoms with Crippen LogP contribution >= 0.6 is 0 Å². The number of hydrogen-bond acceptors (Lipinski definition) is 5. The summed E-state index contributed by atoms with van der Waals surface area (Å²) in [6.07, 6.45) is 4.77. The number of hydrogen-bond donors (Lipinski definition) is 2. The molecule has 0 saturated heterocycles. The Bertz CT molecular complexity index is 357. The normalized spacial score (nSPS) is 9.55. The maximum absolute atomic E-state index is 11.4. The summed E-state index contributed by atoms with van der Waals surface area (Å²) in [7, 11) is 3.25. The molecule has 0 aliphatic rings. The van der Waals surface area contributed by atoms with Crippen LogP contribution in [0.1, 0.15) is 19.3 Å². The zero-order chi connectivity index (χ0) is 17.2. The Labute approximate surface area is 130 Å². The number of nitrogens with zero attached hydrogens (tertiary/aromatic N) is 1. The highest BCUT2D eigenvalue weighted by Crippen LogP contribution is 1.92. The van der Waals surface area contributed by atoms with Crippen molar-refractivity contribution in [1.82, 2.24) is 10.2 Å². The number of carbonyl (C=O) groups is 4. The first-order valence-corrected chi connectivity index (χ1v) is 6.73. The number of carboxylic acid groups (broad SMARTS) is 1. The van der Waals surface area contributed by atoms with Crippen molar-refractivity contribution in [2.75, 3.05) is 33.9 Å². The van der Waals surface area contributed by atoms with Gasteiger partial charge in [0.25, 0.3) is 6.47 Å². The van der Waals surface area contributed by atoms with Crippen molar-refractivity contribution in [2.45, 2.75) is 19.3 Å².